The number of nitrogen functional groups attached to an aromatic ring is 2. The van der Waals surface area contributed by atoms with E-state index in [1.807, 2.05) is 0 Å². The molecular formula is C14H8N4O6. The van der Waals surface area contributed by atoms with E-state index >= 15 is 0 Å². The molecule has 0 saturated carbocycles. The van der Waals surface area contributed by atoms with Gasteiger partial charge in [-0.25, -0.2) is 0 Å². The van der Waals surface area contributed by atoms with Gasteiger partial charge in [-0.1, -0.05) is 24.3 Å². The predicted molar refractivity (Wildman–Crippen MR) is 81.9 cm³/mol. The molecule has 0 aromatic heterocycles. The van der Waals surface area contributed by atoms with Gasteiger partial charge in [0.1, 0.15) is 11.3 Å². The Bertz CT molecular complexity index is 982. The predicted octanol–water partition coefficient (Wildman–Crippen LogP) is 1.44. The molecule has 24 heavy (non-hydrogen) atoms. The number of nitro groups is 2. The molecule has 10 heteroatoms. The monoisotopic (exact) mass is 328 g/mol. The Balaban J connectivity index is 2.54. The summed E-state index contributed by atoms with van der Waals surface area (Å²) in [5, 5.41) is 22.6. The van der Waals surface area contributed by atoms with Crippen molar-refractivity contribution in [3.05, 3.63) is 66.7 Å². The van der Waals surface area contributed by atoms with Crippen LogP contribution in [0, 0.1) is 20.2 Å². The number of nitrogens with two attached hydrogens (primary N) is 2. The fourth-order valence-electron chi connectivity index (χ4n) is 2.73. The quantitative estimate of drug-likeness (QED) is 0.403. The fraction of sp³-hybridized carbons (Fsp3) is 0. The number of ketones is 2. The number of nitrogens with zero attached hydrogens (tertiary/aromatic N) is 2. The van der Waals surface area contributed by atoms with Crippen LogP contribution < -0.4 is 11.5 Å². The molecule has 120 valence electrons. The van der Waals surface area contributed by atoms with E-state index in [-0.39, 0.29) is 11.1 Å². The third-order valence-electron chi connectivity index (χ3n) is 3.76. The van der Waals surface area contributed by atoms with Crippen LogP contribution in [0.1, 0.15) is 31.8 Å². The van der Waals surface area contributed by atoms with Crippen LogP contribution in [0.4, 0.5) is 22.7 Å². The topological polar surface area (TPSA) is 172 Å². The first-order valence-corrected chi connectivity index (χ1v) is 6.49. The maximum Gasteiger partial charge on any atom is 0.371 e. The van der Waals surface area contributed by atoms with Crippen LogP contribution >= 0.6 is 0 Å². The maximum atomic E-state index is 12.6. The molecular weight excluding hydrogens is 320 g/mol. The second-order valence-corrected chi connectivity index (χ2v) is 4.99. The van der Waals surface area contributed by atoms with E-state index in [2.05, 4.69) is 0 Å². The SMILES string of the molecule is Nc1c(N)c([N+](=O)[O-])c([N+](=O)[O-])c2c1C(=O)c1ccccc1C2=O. The molecule has 0 aliphatic heterocycles. The molecule has 2 aromatic carbocycles. The van der Waals surface area contributed by atoms with Gasteiger partial charge in [-0.2, -0.15) is 0 Å². The molecule has 0 unspecified atom stereocenters. The van der Waals surface area contributed by atoms with Crippen molar-refractivity contribution in [2.24, 2.45) is 0 Å². The Labute approximate surface area is 133 Å². The number of rotatable bonds is 2. The lowest BCUT2D eigenvalue weighted by atomic mass is 9.81. The molecule has 3 rings (SSSR count). The van der Waals surface area contributed by atoms with Gasteiger partial charge in [0.25, 0.3) is 0 Å². The Kier molecular flexibility index (Phi) is 3.04. The second-order valence-electron chi connectivity index (χ2n) is 4.99. The molecule has 1 aliphatic carbocycles. The minimum atomic E-state index is -1.13. The third kappa shape index (κ3) is 1.76. The van der Waals surface area contributed by atoms with E-state index < -0.39 is 55.3 Å². The highest BCUT2D eigenvalue weighted by Crippen LogP contribution is 2.46. The molecule has 4 N–H and O–H groups in total. The molecule has 0 spiro atoms. The van der Waals surface area contributed by atoms with Gasteiger partial charge in [0.15, 0.2) is 5.78 Å². The lowest BCUT2D eigenvalue weighted by Crippen LogP contribution is -2.25. The Hall–Kier alpha value is -3.82. The Morgan fingerprint density at radius 2 is 1.21 bits per heavy atom. The molecule has 0 fully saturated rings. The van der Waals surface area contributed by atoms with Gasteiger partial charge < -0.3 is 11.5 Å². The van der Waals surface area contributed by atoms with Crippen molar-refractivity contribution in [1.29, 1.82) is 0 Å². The van der Waals surface area contributed by atoms with Gasteiger partial charge in [0.05, 0.1) is 21.1 Å². The molecule has 1 aliphatic rings. The van der Waals surface area contributed by atoms with Crippen molar-refractivity contribution in [2.45, 2.75) is 0 Å². The summed E-state index contributed by atoms with van der Waals surface area (Å²) in [5.41, 5.74) is 6.50. The van der Waals surface area contributed by atoms with E-state index in [9.17, 15) is 29.8 Å². The number of carbonyl (C=O) groups excluding carboxylic acids is 2. The third-order valence-corrected chi connectivity index (χ3v) is 3.76. The summed E-state index contributed by atoms with van der Waals surface area (Å²) in [6.07, 6.45) is 0. The number of nitro benzene ring substituents is 2. The summed E-state index contributed by atoms with van der Waals surface area (Å²) in [5.74, 6) is -1.64. The highest BCUT2D eigenvalue weighted by Gasteiger charge is 2.44. The first-order chi connectivity index (χ1) is 11.3. The molecule has 10 nitrogen and oxygen atoms in total. The lowest BCUT2D eigenvalue weighted by Gasteiger charge is -2.19. The van der Waals surface area contributed by atoms with Crippen LogP contribution in [0.3, 0.4) is 0 Å². The number of carbonyl (C=O) groups is 2. The lowest BCUT2D eigenvalue weighted by molar-refractivity contribution is -0.421. The van der Waals surface area contributed by atoms with E-state index in [1.165, 1.54) is 24.3 Å². The molecule has 2 aromatic rings. The van der Waals surface area contributed by atoms with E-state index in [0.717, 1.165) is 0 Å². The van der Waals surface area contributed by atoms with Crippen LogP contribution in [0.2, 0.25) is 0 Å². The summed E-state index contributed by atoms with van der Waals surface area (Å²) < 4.78 is 0. The Morgan fingerprint density at radius 1 is 0.750 bits per heavy atom. The van der Waals surface area contributed by atoms with Gasteiger partial charge in [0.2, 0.25) is 5.78 Å². The summed E-state index contributed by atoms with van der Waals surface area (Å²) in [4.78, 5) is 45.6. The summed E-state index contributed by atoms with van der Waals surface area (Å²) in [6, 6.07) is 5.65. The highest BCUT2D eigenvalue weighted by molar-refractivity contribution is 6.32. The average molecular weight is 328 g/mol. The van der Waals surface area contributed by atoms with Gasteiger partial charge in [-0.15, -0.1) is 0 Å². The van der Waals surface area contributed by atoms with Crippen molar-refractivity contribution in [1.82, 2.24) is 0 Å². The molecule has 0 saturated heterocycles. The zero-order chi connectivity index (χ0) is 17.8. The van der Waals surface area contributed by atoms with Crippen molar-refractivity contribution in [3.63, 3.8) is 0 Å². The molecule has 0 heterocycles. The van der Waals surface area contributed by atoms with Crippen molar-refractivity contribution in [2.75, 3.05) is 11.5 Å². The number of hydrogen-bond donors (Lipinski definition) is 2. The second kappa shape index (κ2) is 4.84. The molecule has 0 bridgehead atoms. The molecule has 0 radical (unpaired) electrons. The molecule has 0 atom stereocenters. The zero-order valence-corrected chi connectivity index (χ0v) is 11.8. The average Bonchev–Trinajstić information content (AvgIpc) is 2.53. The number of hydrogen-bond acceptors (Lipinski definition) is 8. The Morgan fingerprint density at radius 3 is 1.67 bits per heavy atom. The standard InChI is InChI=1S/C14H8N4O6/c15-9-7-8(11(17(21)22)12(10(9)16)18(23)24)14(20)6-4-2-1-3-5(6)13(7)19/h1-4H,15-16H2. The number of anilines is 2. The van der Waals surface area contributed by atoms with Crippen molar-refractivity contribution < 1.29 is 19.4 Å². The largest absolute Gasteiger partial charge is 0.396 e. The summed E-state index contributed by atoms with van der Waals surface area (Å²) >= 11 is 0. The van der Waals surface area contributed by atoms with Gasteiger partial charge >= 0.3 is 11.4 Å². The van der Waals surface area contributed by atoms with E-state index in [1.54, 1.807) is 0 Å². The van der Waals surface area contributed by atoms with Crippen LogP contribution in [0.15, 0.2) is 24.3 Å². The number of fused-ring (bicyclic) bond motifs is 2. The van der Waals surface area contributed by atoms with Gasteiger partial charge in [-0.05, 0) is 0 Å². The van der Waals surface area contributed by atoms with Crippen LogP contribution in [-0.4, -0.2) is 21.4 Å². The van der Waals surface area contributed by atoms with Crippen molar-refractivity contribution >= 4 is 34.3 Å². The highest BCUT2D eigenvalue weighted by atomic mass is 16.6. The van der Waals surface area contributed by atoms with E-state index in [0.29, 0.717) is 0 Å². The zero-order valence-electron chi connectivity index (χ0n) is 11.8. The minimum Gasteiger partial charge on any atom is -0.396 e. The van der Waals surface area contributed by atoms with Crippen LogP contribution in [-0.2, 0) is 0 Å². The summed E-state index contributed by atoms with van der Waals surface area (Å²) in [7, 11) is 0. The number of benzene rings is 2. The van der Waals surface area contributed by atoms with Gasteiger partial charge in [-0.3, -0.25) is 29.8 Å². The van der Waals surface area contributed by atoms with Crippen molar-refractivity contribution in [3.8, 4) is 0 Å². The first kappa shape index (κ1) is 15.1. The first-order valence-electron chi connectivity index (χ1n) is 6.49. The normalized spacial score (nSPS) is 12.5. The molecule has 0 amide bonds. The van der Waals surface area contributed by atoms with Crippen LogP contribution in [0.25, 0.3) is 0 Å². The maximum absolute atomic E-state index is 12.6. The van der Waals surface area contributed by atoms with E-state index in [4.69, 9.17) is 11.5 Å². The fourth-order valence-corrected chi connectivity index (χ4v) is 2.73. The van der Waals surface area contributed by atoms with Gasteiger partial charge in [0, 0.05) is 11.1 Å². The van der Waals surface area contributed by atoms with Crippen LogP contribution in [0.5, 0.6) is 0 Å². The summed E-state index contributed by atoms with van der Waals surface area (Å²) in [6.45, 7) is 0. The minimum absolute atomic E-state index is 0.00394. The smallest absolute Gasteiger partial charge is 0.371 e.